The van der Waals surface area contributed by atoms with Crippen LogP contribution in [0.3, 0.4) is 0 Å². The number of nitrogens with zero attached hydrogens (tertiary/aromatic N) is 2. The molecule has 3 nitrogen and oxygen atoms in total. The van der Waals surface area contributed by atoms with Gasteiger partial charge in [-0.25, -0.2) is 8.78 Å². The molecule has 0 fully saturated rings. The standard InChI is InChI=1S/C10H5ClF2N2O/c11-9-3-4-10(15-14-9)16-6-1-2-7(12)8(13)5-6/h1-5H. The monoisotopic (exact) mass is 242 g/mol. The number of benzene rings is 1. The normalized spacial score (nSPS) is 10.2. The topological polar surface area (TPSA) is 35.0 Å². The van der Waals surface area contributed by atoms with Gasteiger partial charge < -0.3 is 4.74 Å². The second-order valence-electron chi connectivity index (χ2n) is 2.87. The molecule has 0 spiro atoms. The number of ether oxygens (including phenoxy) is 1. The van der Waals surface area contributed by atoms with Gasteiger partial charge in [0.1, 0.15) is 5.75 Å². The Morgan fingerprint density at radius 3 is 2.44 bits per heavy atom. The molecule has 1 aromatic heterocycles. The van der Waals surface area contributed by atoms with E-state index in [0.717, 1.165) is 12.1 Å². The molecule has 0 bridgehead atoms. The first-order valence-electron chi connectivity index (χ1n) is 4.27. The van der Waals surface area contributed by atoms with Crippen molar-refractivity contribution >= 4 is 11.6 Å². The van der Waals surface area contributed by atoms with Gasteiger partial charge in [0.15, 0.2) is 16.8 Å². The van der Waals surface area contributed by atoms with Crippen LogP contribution < -0.4 is 4.74 Å². The van der Waals surface area contributed by atoms with Crippen molar-refractivity contribution in [1.29, 1.82) is 0 Å². The van der Waals surface area contributed by atoms with E-state index in [1.54, 1.807) is 0 Å². The van der Waals surface area contributed by atoms with Crippen LogP contribution in [0.4, 0.5) is 8.78 Å². The maximum Gasteiger partial charge on any atom is 0.238 e. The highest BCUT2D eigenvalue weighted by Crippen LogP contribution is 2.21. The number of hydrogen-bond donors (Lipinski definition) is 0. The number of halogens is 3. The highest BCUT2D eigenvalue weighted by Gasteiger charge is 2.05. The van der Waals surface area contributed by atoms with Gasteiger partial charge in [-0.3, -0.25) is 0 Å². The summed E-state index contributed by atoms with van der Waals surface area (Å²) in [6.07, 6.45) is 0. The molecule has 0 atom stereocenters. The van der Waals surface area contributed by atoms with Crippen LogP contribution >= 0.6 is 11.6 Å². The van der Waals surface area contributed by atoms with Crippen molar-refractivity contribution < 1.29 is 13.5 Å². The van der Waals surface area contributed by atoms with Crippen LogP contribution in [0.15, 0.2) is 30.3 Å². The molecule has 0 aliphatic rings. The number of aromatic nitrogens is 2. The molecule has 2 rings (SSSR count). The lowest BCUT2D eigenvalue weighted by Gasteiger charge is -2.03. The fourth-order valence-corrected chi connectivity index (χ4v) is 1.12. The van der Waals surface area contributed by atoms with Gasteiger partial charge in [0.05, 0.1) is 0 Å². The van der Waals surface area contributed by atoms with Crippen molar-refractivity contribution in [1.82, 2.24) is 10.2 Å². The highest BCUT2D eigenvalue weighted by molar-refractivity contribution is 6.29. The third-order valence-electron chi connectivity index (χ3n) is 1.72. The van der Waals surface area contributed by atoms with Gasteiger partial charge in [-0.05, 0) is 18.2 Å². The molecule has 0 unspecified atom stereocenters. The maximum atomic E-state index is 12.8. The Bertz CT molecular complexity index is 505. The van der Waals surface area contributed by atoms with E-state index in [0.29, 0.717) is 0 Å². The van der Waals surface area contributed by atoms with Gasteiger partial charge in [0.2, 0.25) is 5.88 Å². The van der Waals surface area contributed by atoms with Crippen LogP contribution in [0.5, 0.6) is 11.6 Å². The van der Waals surface area contributed by atoms with E-state index >= 15 is 0 Å². The number of hydrogen-bond acceptors (Lipinski definition) is 3. The Labute approximate surface area is 94.6 Å². The molecule has 0 amide bonds. The quantitative estimate of drug-likeness (QED) is 0.811. The summed E-state index contributed by atoms with van der Waals surface area (Å²) in [5.41, 5.74) is 0. The molecule has 2 aromatic rings. The van der Waals surface area contributed by atoms with Crippen molar-refractivity contribution in [3.8, 4) is 11.6 Å². The predicted octanol–water partition coefficient (Wildman–Crippen LogP) is 3.20. The lowest BCUT2D eigenvalue weighted by molar-refractivity contribution is 0.442. The van der Waals surface area contributed by atoms with Crippen LogP contribution in [0.25, 0.3) is 0 Å². The molecule has 0 aliphatic heterocycles. The van der Waals surface area contributed by atoms with Crippen LogP contribution in [0.2, 0.25) is 5.15 Å². The van der Waals surface area contributed by atoms with Gasteiger partial charge in [0.25, 0.3) is 0 Å². The average Bonchev–Trinajstić information content (AvgIpc) is 2.27. The van der Waals surface area contributed by atoms with E-state index in [2.05, 4.69) is 10.2 Å². The smallest absolute Gasteiger partial charge is 0.238 e. The Kier molecular flexibility index (Phi) is 2.96. The van der Waals surface area contributed by atoms with Gasteiger partial charge >= 0.3 is 0 Å². The molecule has 1 heterocycles. The molecule has 0 saturated carbocycles. The molecule has 0 N–H and O–H groups in total. The molecule has 82 valence electrons. The van der Waals surface area contributed by atoms with Crippen LogP contribution in [-0.2, 0) is 0 Å². The zero-order valence-corrected chi connectivity index (χ0v) is 8.58. The van der Waals surface area contributed by atoms with Crippen LogP contribution in [0, 0.1) is 11.6 Å². The van der Waals surface area contributed by atoms with Crippen molar-refractivity contribution in [3.63, 3.8) is 0 Å². The summed E-state index contributed by atoms with van der Waals surface area (Å²) < 4.78 is 30.6. The number of rotatable bonds is 2. The highest BCUT2D eigenvalue weighted by atomic mass is 35.5. The molecule has 1 aromatic carbocycles. The summed E-state index contributed by atoms with van der Waals surface area (Å²) in [5.74, 6) is -1.64. The summed E-state index contributed by atoms with van der Waals surface area (Å²) in [5, 5.41) is 7.36. The lowest BCUT2D eigenvalue weighted by Crippen LogP contribution is -1.91. The van der Waals surface area contributed by atoms with Gasteiger partial charge in [0, 0.05) is 12.1 Å². The first-order chi connectivity index (χ1) is 7.65. The molecular formula is C10H5ClF2N2O. The summed E-state index contributed by atoms with van der Waals surface area (Å²) in [6, 6.07) is 6.12. The SMILES string of the molecule is Fc1ccc(Oc2ccc(Cl)nn2)cc1F. The Balaban J connectivity index is 2.20. The van der Waals surface area contributed by atoms with E-state index in [1.165, 1.54) is 18.2 Å². The molecule has 0 radical (unpaired) electrons. The summed E-state index contributed by atoms with van der Waals surface area (Å²) in [6.45, 7) is 0. The first kappa shape index (κ1) is 10.8. The minimum Gasteiger partial charge on any atom is -0.437 e. The average molecular weight is 243 g/mol. The van der Waals surface area contributed by atoms with Crippen molar-refractivity contribution in [2.45, 2.75) is 0 Å². The van der Waals surface area contributed by atoms with E-state index in [-0.39, 0.29) is 16.8 Å². The molecule has 16 heavy (non-hydrogen) atoms. The zero-order valence-electron chi connectivity index (χ0n) is 7.82. The molecular weight excluding hydrogens is 238 g/mol. The second-order valence-corrected chi connectivity index (χ2v) is 3.26. The Morgan fingerprint density at radius 1 is 1.00 bits per heavy atom. The molecule has 6 heteroatoms. The largest absolute Gasteiger partial charge is 0.437 e. The summed E-state index contributed by atoms with van der Waals surface area (Å²) in [7, 11) is 0. The van der Waals surface area contributed by atoms with E-state index in [4.69, 9.17) is 16.3 Å². The maximum absolute atomic E-state index is 12.8. The van der Waals surface area contributed by atoms with Gasteiger partial charge in [-0.15, -0.1) is 10.2 Å². The van der Waals surface area contributed by atoms with Crippen molar-refractivity contribution in [2.24, 2.45) is 0 Å². The van der Waals surface area contributed by atoms with E-state index < -0.39 is 11.6 Å². The minimum absolute atomic E-state index is 0.135. The molecule has 0 saturated heterocycles. The van der Waals surface area contributed by atoms with Crippen molar-refractivity contribution in [3.05, 3.63) is 47.1 Å². The third-order valence-corrected chi connectivity index (χ3v) is 1.92. The predicted molar refractivity (Wildman–Crippen MR) is 53.5 cm³/mol. The second kappa shape index (κ2) is 4.40. The van der Waals surface area contributed by atoms with Gasteiger partial charge in [-0.1, -0.05) is 11.6 Å². The fraction of sp³-hybridized carbons (Fsp3) is 0. The minimum atomic E-state index is -0.987. The van der Waals surface area contributed by atoms with Crippen molar-refractivity contribution in [2.75, 3.05) is 0 Å². The van der Waals surface area contributed by atoms with E-state index in [9.17, 15) is 8.78 Å². The van der Waals surface area contributed by atoms with Crippen LogP contribution in [-0.4, -0.2) is 10.2 Å². The zero-order chi connectivity index (χ0) is 11.5. The lowest BCUT2D eigenvalue weighted by atomic mass is 10.3. The third kappa shape index (κ3) is 2.43. The Hall–Kier alpha value is -1.75. The molecule has 0 aliphatic carbocycles. The first-order valence-corrected chi connectivity index (χ1v) is 4.65. The Morgan fingerprint density at radius 2 is 1.81 bits per heavy atom. The summed E-state index contributed by atoms with van der Waals surface area (Å²) >= 11 is 5.52. The fourth-order valence-electron chi connectivity index (χ4n) is 1.02. The summed E-state index contributed by atoms with van der Waals surface area (Å²) in [4.78, 5) is 0. The van der Waals surface area contributed by atoms with Gasteiger partial charge in [-0.2, -0.15) is 0 Å². The van der Waals surface area contributed by atoms with E-state index in [1.807, 2.05) is 0 Å². The van der Waals surface area contributed by atoms with Crippen LogP contribution in [0.1, 0.15) is 0 Å².